The maximum Gasteiger partial charge on any atom is 0.167 e. The molecule has 0 bridgehead atoms. The van der Waals surface area contributed by atoms with Crippen LogP contribution in [0.15, 0.2) is 59.1 Å². The Bertz CT molecular complexity index is 916. The van der Waals surface area contributed by atoms with E-state index in [-0.39, 0.29) is 5.54 Å². The second-order valence-corrected chi connectivity index (χ2v) is 7.07. The van der Waals surface area contributed by atoms with Crippen molar-refractivity contribution in [3.8, 4) is 22.8 Å². The van der Waals surface area contributed by atoms with Crippen molar-refractivity contribution < 1.29 is 18.7 Å². The van der Waals surface area contributed by atoms with Gasteiger partial charge in [-0.15, -0.1) is 0 Å². The highest BCUT2D eigenvalue weighted by Crippen LogP contribution is 2.27. The van der Waals surface area contributed by atoms with Crippen LogP contribution in [-0.4, -0.2) is 38.1 Å². The highest BCUT2D eigenvalue weighted by Gasteiger charge is 2.39. The summed E-state index contributed by atoms with van der Waals surface area (Å²) in [6.07, 6.45) is 0.747. The predicted molar refractivity (Wildman–Crippen MR) is 106 cm³/mol. The highest BCUT2D eigenvalue weighted by molar-refractivity contribution is 5.58. The van der Waals surface area contributed by atoms with Gasteiger partial charge in [-0.25, -0.2) is 0 Å². The molecule has 1 N–H and O–H groups in total. The summed E-state index contributed by atoms with van der Waals surface area (Å²) in [6.45, 7) is 2.05. The number of hydrogen-bond acceptors (Lipinski definition) is 6. The summed E-state index contributed by atoms with van der Waals surface area (Å²) in [4.78, 5) is 0. The van der Waals surface area contributed by atoms with Crippen LogP contribution in [0.2, 0.25) is 0 Å². The largest absolute Gasteiger partial charge is 0.497 e. The maximum atomic E-state index is 5.56. The van der Waals surface area contributed by atoms with E-state index >= 15 is 0 Å². The Kier molecular flexibility index (Phi) is 5.32. The van der Waals surface area contributed by atoms with E-state index in [1.54, 1.807) is 14.2 Å². The Morgan fingerprint density at radius 3 is 2.46 bits per heavy atom. The number of benzene rings is 2. The molecule has 3 aromatic rings. The second-order valence-electron chi connectivity index (χ2n) is 7.07. The summed E-state index contributed by atoms with van der Waals surface area (Å²) < 4.78 is 21.6. The molecular formula is C22H24N2O4. The fourth-order valence-electron chi connectivity index (χ4n) is 3.32. The van der Waals surface area contributed by atoms with E-state index < -0.39 is 0 Å². The molecule has 4 rings (SSSR count). The number of ether oxygens (including phenoxy) is 3. The van der Waals surface area contributed by atoms with Crippen LogP contribution in [0, 0.1) is 0 Å². The first-order chi connectivity index (χ1) is 13.7. The Morgan fingerprint density at radius 1 is 1.00 bits per heavy atom. The van der Waals surface area contributed by atoms with Gasteiger partial charge < -0.3 is 24.1 Å². The molecule has 0 saturated carbocycles. The predicted octanol–water partition coefficient (Wildman–Crippen LogP) is 3.46. The lowest BCUT2D eigenvalue weighted by molar-refractivity contribution is -0.0755. The Balaban J connectivity index is 1.42. The summed E-state index contributed by atoms with van der Waals surface area (Å²) in [5, 5.41) is 7.90. The third-order valence-corrected chi connectivity index (χ3v) is 5.01. The zero-order valence-corrected chi connectivity index (χ0v) is 16.1. The molecular weight excluding hydrogens is 356 g/mol. The molecule has 0 radical (unpaired) electrons. The van der Waals surface area contributed by atoms with Crippen molar-refractivity contribution in [1.29, 1.82) is 0 Å². The molecule has 1 aliphatic rings. The summed E-state index contributed by atoms with van der Waals surface area (Å²) in [7, 11) is 3.33. The smallest absolute Gasteiger partial charge is 0.167 e. The van der Waals surface area contributed by atoms with Gasteiger partial charge in [-0.05, 0) is 42.0 Å². The molecule has 0 amide bonds. The molecule has 146 valence electrons. The fraction of sp³-hybridized carbons (Fsp3) is 0.318. The van der Waals surface area contributed by atoms with Crippen molar-refractivity contribution in [1.82, 2.24) is 10.5 Å². The van der Waals surface area contributed by atoms with Gasteiger partial charge >= 0.3 is 0 Å². The van der Waals surface area contributed by atoms with Crippen molar-refractivity contribution >= 4 is 0 Å². The lowest BCUT2D eigenvalue weighted by Crippen LogP contribution is -2.61. The first kappa shape index (κ1) is 18.5. The summed E-state index contributed by atoms with van der Waals surface area (Å²) >= 11 is 0. The molecule has 0 spiro atoms. The van der Waals surface area contributed by atoms with Crippen LogP contribution in [0.1, 0.15) is 11.3 Å². The van der Waals surface area contributed by atoms with Gasteiger partial charge in [0.25, 0.3) is 0 Å². The van der Waals surface area contributed by atoms with Crippen LogP contribution in [0.4, 0.5) is 0 Å². The van der Waals surface area contributed by atoms with Gasteiger partial charge in [-0.1, -0.05) is 17.3 Å². The first-order valence-corrected chi connectivity index (χ1v) is 9.25. The molecule has 0 atom stereocenters. The monoisotopic (exact) mass is 380 g/mol. The topological polar surface area (TPSA) is 65.8 Å². The number of hydrogen-bond donors (Lipinski definition) is 1. The minimum Gasteiger partial charge on any atom is -0.497 e. The minimum atomic E-state index is -0.128. The quantitative estimate of drug-likeness (QED) is 0.646. The van der Waals surface area contributed by atoms with Gasteiger partial charge in [0, 0.05) is 24.6 Å². The van der Waals surface area contributed by atoms with E-state index in [0.717, 1.165) is 41.5 Å². The molecule has 1 fully saturated rings. The zero-order valence-electron chi connectivity index (χ0n) is 16.1. The molecule has 1 aromatic heterocycles. The number of aromatic nitrogens is 1. The van der Waals surface area contributed by atoms with Crippen LogP contribution >= 0.6 is 0 Å². The molecule has 2 heterocycles. The molecule has 1 saturated heterocycles. The maximum absolute atomic E-state index is 5.56. The van der Waals surface area contributed by atoms with Crippen LogP contribution in [-0.2, 0) is 17.7 Å². The van der Waals surface area contributed by atoms with E-state index in [0.29, 0.717) is 13.2 Å². The van der Waals surface area contributed by atoms with E-state index in [4.69, 9.17) is 18.7 Å². The average Bonchev–Trinajstić information content (AvgIpc) is 3.18. The minimum absolute atomic E-state index is 0.128. The molecule has 0 unspecified atom stereocenters. The van der Waals surface area contributed by atoms with Crippen LogP contribution in [0.3, 0.4) is 0 Å². The molecule has 6 heteroatoms. The van der Waals surface area contributed by atoms with Gasteiger partial charge in [-0.2, -0.15) is 0 Å². The van der Waals surface area contributed by atoms with Gasteiger partial charge in [0.1, 0.15) is 11.5 Å². The van der Waals surface area contributed by atoms with Crippen molar-refractivity contribution in [2.24, 2.45) is 0 Å². The summed E-state index contributed by atoms with van der Waals surface area (Å²) in [5.41, 5.74) is 2.93. The molecule has 0 aliphatic carbocycles. The lowest BCUT2D eigenvalue weighted by atomic mass is 9.90. The van der Waals surface area contributed by atoms with Crippen LogP contribution in [0.25, 0.3) is 11.3 Å². The van der Waals surface area contributed by atoms with Crippen molar-refractivity contribution in [2.75, 3.05) is 27.4 Å². The summed E-state index contributed by atoms with van der Waals surface area (Å²) in [5.74, 6) is 2.43. The molecule has 2 aromatic carbocycles. The van der Waals surface area contributed by atoms with E-state index in [1.807, 2.05) is 48.5 Å². The number of nitrogens with zero attached hydrogens (tertiary/aromatic N) is 1. The number of rotatable bonds is 8. The van der Waals surface area contributed by atoms with E-state index in [2.05, 4.69) is 16.5 Å². The molecule has 28 heavy (non-hydrogen) atoms. The number of methoxy groups -OCH3 is 2. The molecule has 6 nitrogen and oxygen atoms in total. The Hall–Kier alpha value is -2.83. The standard InChI is InChI=1S/C22H24N2O4/c1-25-19-8-6-17(7-9-19)21-11-18(24-28-21)12-22(14-27-15-22)23-13-16-4-3-5-20(10-16)26-2/h3-11,23H,12-15H2,1-2H3. The Labute approximate surface area is 164 Å². The zero-order chi connectivity index (χ0) is 19.4. The third-order valence-electron chi connectivity index (χ3n) is 5.01. The van der Waals surface area contributed by atoms with E-state index in [9.17, 15) is 0 Å². The van der Waals surface area contributed by atoms with Crippen LogP contribution in [0.5, 0.6) is 11.5 Å². The second kappa shape index (κ2) is 8.04. The number of nitrogens with one attached hydrogen (secondary N) is 1. The van der Waals surface area contributed by atoms with Gasteiger partial charge in [0.05, 0.1) is 38.7 Å². The SMILES string of the molecule is COc1ccc(-c2cc(CC3(NCc4cccc(OC)c4)COC3)no2)cc1. The van der Waals surface area contributed by atoms with Crippen molar-refractivity contribution in [3.63, 3.8) is 0 Å². The lowest BCUT2D eigenvalue weighted by Gasteiger charge is -2.42. The highest BCUT2D eigenvalue weighted by atomic mass is 16.5. The average molecular weight is 380 g/mol. The first-order valence-electron chi connectivity index (χ1n) is 9.25. The summed E-state index contributed by atoms with van der Waals surface area (Å²) in [6, 6.07) is 17.8. The fourth-order valence-corrected chi connectivity index (χ4v) is 3.32. The third kappa shape index (κ3) is 4.03. The van der Waals surface area contributed by atoms with E-state index in [1.165, 1.54) is 5.56 Å². The normalized spacial score (nSPS) is 15.1. The van der Waals surface area contributed by atoms with Crippen LogP contribution < -0.4 is 14.8 Å². The molecule has 1 aliphatic heterocycles. The van der Waals surface area contributed by atoms with Gasteiger partial charge in [0.2, 0.25) is 0 Å². The van der Waals surface area contributed by atoms with Gasteiger partial charge in [-0.3, -0.25) is 0 Å². The Morgan fingerprint density at radius 2 is 1.79 bits per heavy atom. The van der Waals surface area contributed by atoms with Gasteiger partial charge in [0.15, 0.2) is 5.76 Å². The van der Waals surface area contributed by atoms with Crippen molar-refractivity contribution in [3.05, 3.63) is 65.9 Å². The van der Waals surface area contributed by atoms with Crippen molar-refractivity contribution in [2.45, 2.75) is 18.5 Å².